The number of para-hydroxylation sites is 1. The third-order valence-corrected chi connectivity index (χ3v) is 3.15. The van der Waals surface area contributed by atoms with Crippen molar-refractivity contribution in [2.45, 2.75) is 26.4 Å². The summed E-state index contributed by atoms with van der Waals surface area (Å²) in [5, 5.41) is 9.70. The van der Waals surface area contributed by atoms with Crippen LogP contribution in [0.3, 0.4) is 0 Å². The largest absolute Gasteiger partial charge is 0.389 e. The van der Waals surface area contributed by atoms with E-state index in [1.807, 2.05) is 25.1 Å². The molecule has 0 radical (unpaired) electrons. The van der Waals surface area contributed by atoms with Crippen LogP contribution in [0, 0.1) is 5.92 Å². The molecule has 2 atom stereocenters. The second-order valence-electron chi connectivity index (χ2n) is 4.57. The minimum atomic E-state index is -0.378. The fraction of sp³-hybridized carbons (Fsp3) is 0.538. The molecule has 2 unspecified atom stereocenters. The van der Waals surface area contributed by atoms with Gasteiger partial charge in [-0.3, -0.25) is 0 Å². The van der Waals surface area contributed by atoms with Gasteiger partial charge < -0.3 is 10.0 Å². The van der Waals surface area contributed by atoms with Gasteiger partial charge in [0.25, 0.3) is 0 Å². The van der Waals surface area contributed by atoms with Crippen molar-refractivity contribution in [3.63, 3.8) is 0 Å². The predicted molar refractivity (Wildman–Crippen MR) is 63.1 cm³/mol. The van der Waals surface area contributed by atoms with Crippen LogP contribution in [0.15, 0.2) is 24.3 Å². The van der Waals surface area contributed by atoms with Crippen LogP contribution in [0.25, 0.3) is 0 Å². The minimum Gasteiger partial charge on any atom is -0.389 e. The molecule has 2 nitrogen and oxygen atoms in total. The van der Waals surface area contributed by atoms with Crippen molar-refractivity contribution in [1.29, 1.82) is 0 Å². The molecule has 0 bridgehead atoms. The smallest absolute Gasteiger partial charge is 0.0781 e. The van der Waals surface area contributed by atoms with Crippen molar-refractivity contribution in [1.82, 2.24) is 0 Å². The lowest BCUT2D eigenvalue weighted by Crippen LogP contribution is -2.20. The molecule has 0 aliphatic carbocycles. The minimum absolute atomic E-state index is 0.378. The quantitative estimate of drug-likeness (QED) is 0.802. The van der Waals surface area contributed by atoms with Crippen molar-refractivity contribution in [3.05, 3.63) is 29.8 Å². The highest BCUT2D eigenvalue weighted by Gasteiger charge is 2.21. The van der Waals surface area contributed by atoms with E-state index in [1.54, 1.807) is 0 Å². The van der Waals surface area contributed by atoms with Crippen molar-refractivity contribution >= 4 is 5.69 Å². The highest BCUT2D eigenvalue weighted by molar-refractivity contribution is 5.55. The molecule has 15 heavy (non-hydrogen) atoms. The van der Waals surface area contributed by atoms with Crippen molar-refractivity contribution in [3.8, 4) is 0 Å². The first-order valence-corrected chi connectivity index (χ1v) is 5.70. The first kappa shape index (κ1) is 10.5. The van der Waals surface area contributed by atoms with Gasteiger partial charge in [0.15, 0.2) is 0 Å². The predicted octanol–water partition coefficient (Wildman–Crippen LogP) is 2.59. The van der Waals surface area contributed by atoms with Crippen LogP contribution in [0.4, 0.5) is 5.69 Å². The van der Waals surface area contributed by atoms with Crippen molar-refractivity contribution in [2.75, 3.05) is 18.0 Å². The normalized spacial score (nSPS) is 23.1. The number of benzene rings is 1. The average molecular weight is 205 g/mol. The van der Waals surface area contributed by atoms with Gasteiger partial charge in [0.05, 0.1) is 6.10 Å². The Labute approximate surface area is 91.5 Å². The van der Waals surface area contributed by atoms with Gasteiger partial charge in [-0.2, -0.15) is 0 Å². The molecule has 1 aromatic rings. The monoisotopic (exact) mass is 205 g/mol. The molecule has 2 rings (SSSR count). The first-order chi connectivity index (χ1) is 7.18. The highest BCUT2D eigenvalue weighted by Crippen LogP contribution is 2.30. The second-order valence-corrected chi connectivity index (χ2v) is 4.57. The molecule has 0 amide bonds. The number of rotatable bonds is 2. The Morgan fingerprint density at radius 3 is 2.73 bits per heavy atom. The third kappa shape index (κ3) is 2.15. The summed E-state index contributed by atoms with van der Waals surface area (Å²) >= 11 is 0. The van der Waals surface area contributed by atoms with Crippen LogP contribution in [-0.4, -0.2) is 18.2 Å². The summed E-state index contributed by atoms with van der Waals surface area (Å²) in [4.78, 5) is 2.38. The van der Waals surface area contributed by atoms with E-state index in [0.717, 1.165) is 24.6 Å². The van der Waals surface area contributed by atoms with Gasteiger partial charge in [-0.25, -0.2) is 0 Å². The fourth-order valence-electron chi connectivity index (χ4n) is 2.28. The zero-order valence-corrected chi connectivity index (χ0v) is 9.48. The Hall–Kier alpha value is -1.02. The molecule has 82 valence electrons. The van der Waals surface area contributed by atoms with Gasteiger partial charge >= 0.3 is 0 Å². The van der Waals surface area contributed by atoms with E-state index in [2.05, 4.69) is 17.9 Å². The van der Waals surface area contributed by atoms with Gasteiger partial charge in [-0.05, 0) is 25.3 Å². The summed E-state index contributed by atoms with van der Waals surface area (Å²) in [6.45, 7) is 6.35. The van der Waals surface area contributed by atoms with E-state index in [-0.39, 0.29) is 6.10 Å². The van der Waals surface area contributed by atoms with E-state index in [9.17, 15) is 5.11 Å². The molecule has 0 aromatic heterocycles. The van der Waals surface area contributed by atoms with Gasteiger partial charge in [0.2, 0.25) is 0 Å². The van der Waals surface area contributed by atoms with Crippen LogP contribution in [-0.2, 0) is 0 Å². The summed E-state index contributed by atoms with van der Waals surface area (Å²) in [5.41, 5.74) is 2.25. The number of aliphatic hydroxyl groups is 1. The summed E-state index contributed by atoms with van der Waals surface area (Å²) < 4.78 is 0. The number of nitrogens with zero attached hydrogens (tertiary/aromatic N) is 1. The molecule has 1 N–H and O–H groups in total. The van der Waals surface area contributed by atoms with Crippen LogP contribution in [0.1, 0.15) is 31.9 Å². The van der Waals surface area contributed by atoms with Crippen LogP contribution in [0.2, 0.25) is 0 Å². The molecular weight excluding hydrogens is 186 g/mol. The summed E-state index contributed by atoms with van der Waals surface area (Å²) in [6, 6.07) is 8.17. The average Bonchev–Trinajstić information content (AvgIpc) is 2.65. The Morgan fingerprint density at radius 1 is 1.40 bits per heavy atom. The zero-order chi connectivity index (χ0) is 10.8. The topological polar surface area (TPSA) is 23.5 Å². The number of aliphatic hydroxyl groups excluding tert-OH is 1. The SMILES string of the molecule is CC1CCN(c2ccccc2C(C)O)C1. The molecule has 1 aliphatic heterocycles. The molecule has 1 heterocycles. The molecule has 0 spiro atoms. The molecule has 1 fully saturated rings. The van der Waals surface area contributed by atoms with E-state index < -0.39 is 0 Å². The van der Waals surface area contributed by atoms with Crippen molar-refractivity contribution in [2.24, 2.45) is 5.92 Å². The standard InChI is InChI=1S/C13H19NO/c1-10-7-8-14(9-10)13-6-4-3-5-12(13)11(2)15/h3-6,10-11,15H,7-9H2,1-2H3. The van der Waals surface area contributed by atoms with Crippen molar-refractivity contribution < 1.29 is 5.11 Å². The third-order valence-electron chi connectivity index (χ3n) is 3.15. The number of hydrogen-bond acceptors (Lipinski definition) is 2. The number of hydrogen-bond donors (Lipinski definition) is 1. The maximum Gasteiger partial charge on any atom is 0.0781 e. The van der Waals surface area contributed by atoms with E-state index in [0.29, 0.717) is 0 Å². The Kier molecular flexibility index (Phi) is 2.96. The fourth-order valence-corrected chi connectivity index (χ4v) is 2.28. The molecule has 1 aliphatic rings. The zero-order valence-electron chi connectivity index (χ0n) is 9.48. The lowest BCUT2D eigenvalue weighted by molar-refractivity contribution is 0.199. The maximum atomic E-state index is 9.70. The molecule has 2 heteroatoms. The van der Waals surface area contributed by atoms with E-state index in [4.69, 9.17) is 0 Å². The maximum absolute atomic E-state index is 9.70. The second kappa shape index (κ2) is 4.23. The van der Waals surface area contributed by atoms with E-state index >= 15 is 0 Å². The van der Waals surface area contributed by atoms with Crippen LogP contribution < -0.4 is 4.90 Å². The van der Waals surface area contributed by atoms with E-state index in [1.165, 1.54) is 12.1 Å². The molecule has 0 saturated carbocycles. The summed E-state index contributed by atoms with van der Waals surface area (Å²) in [5.74, 6) is 0.770. The Balaban J connectivity index is 2.27. The van der Waals surface area contributed by atoms with Gasteiger partial charge in [0, 0.05) is 24.3 Å². The van der Waals surface area contributed by atoms with Crippen LogP contribution in [0.5, 0.6) is 0 Å². The molecule has 1 saturated heterocycles. The van der Waals surface area contributed by atoms with Gasteiger partial charge in [-0.15, -0.1) is 0 Å². The highest BCUT2D eigenvalue weighted by atomic mass is 16.3. The van der Waals surface area contributed by atoms with Crippen LogP contribution >= 0.6 is 0 Å². The van der Waals surface area contributed by atoms with Gasteiger partial charge in [-0.1, -0.05) is 25.1 Å². The Bertz CT molecular complexity index is 335. The summed E-state index contributed by atoms with van der Waals surface area (Å²) in [6.07, 6.45) is 0.880. The van der Waals surface area contributed by atoms with Gasteiger partial charge in [0.1, 0.15) is 0 Å². The summed E-state index contributed by atoms with van der Waals surface area (Å²) in [7, 11) is 0. The first-order valence-electron chi connectivity index (χ1n) is 5.70. The Morgan fingerprint density at radius 2 is 2.13 bits per heavy atom. The molecular formula is C13H19NO. The molecule has 1 aromatic carbocycles. The lowest BCUT2D eigenvalue weighted by Gasteiger charge is -2.22. The number of anilines is 1. The lowest BCUT2D eigenvalue weighted by atomic mass is 10.1.